The quantitative estimate of drug-likeness (QED) is 0.264. The molecule has 0 bridgehead atoms. The fourth-order valence-electron chi connectivity index (χ4n) is 2.21. The monoisotopic (exact) mass is 463 g/mol. The molecular weight excluding hydrogens is 445 g/mol. The molecule has 0 aliphatic heterocycles. The van der Waals surface area contributed by atoms with Gasteiger partial charge in [-0.1, -0.05) is 30.3 Å². The molecule has 0 aliphatic carbocycles. The summed E-state index contributed by atoms with van der Waals surface area (Å²) in [6.45, 7) is 2.32. The maximum atomic E-state index is 11.8. The van der Waals surface area contributed by atoms with E-state index in [9.17, 15) is 4.79 Å². The largest absolute Gasteiger partial charge is 0.493 e. The highest BCUT2D eigenvalue weighted by Gasteiger charge is 2.14. The predicted molar refractivity (Wildman–Crippen MR) is 107 cm³/mol. The summed E-state index contributed by atoms with van der Waals surface area (Å²) in [7, 11) is 1.55. The van der Waals surface area contributed by atoms with Gasteiger partial charge in [0, 0.05) is 0 Å². The smallest absolute Gasteiger partial charge is 0.348 e. The Balaban J connectivity index is 2.28. The van der Waals surface area contributed by atoms with E-state index in [0.717, 1.165) is 9.13 Å². The summed E-state index contributed by atoms with van der Waals surface area (Å²) in [5, 5.41) is 9.17. The summed E-state index contributed by atoms with van der Waals surface area (Å²) in [6.07, 6.45) is 1.48. The van der Waals surface area contributed by atoms with E-state index in [4.69, 9.17) is 19.5 Å². The van der Waals surface area contributed by atoms with Crippen LogP contribution in [0.2, 0.25) is 0 Å². The number of hydrogen-bond donors (Lipinski definition) is 0. The molecule has 2 aromatic carbocycles. The number of nitriles is 1. The molecule has 0 aromatic heterocycles. The lowest BCUT2D eigenvalue weighted by atomic mass is 10.1. The molecule has 6 heteroatoms. The summed E-state index contributed by atoms with van der Waals surface area (Å²) < 4.78 is 17.0. The Morgan fingerprint density at radius 1 is 1.27 bits per heavy atom. The van der Waals surface area contributed by atoms with Gasteiger partial charge >= 0.3 is 5.97 Å². The topological polar surface area (TPSA) is 68.6 Å². The third kappa shape index (κ3) is 5.23. The SMILES string of the molecule is CCOC(=O)C(C#N)=Cc1cc(I)c(OCc2ccccc2)c(OC)c1. The van der Waals surface area contributed by atoms with E-state index in [1.807, 2.05) is 42.5 Å². The number of hydrogen-bond acceptors (Lipinski definition) is 5. The minimum absolute atomic E-state index is 0.0670. The average Bonchev–Trinajstić information content (AvgIpc) is 2.65. The first-order chi connectivity index (χ1) is 12.6. The van der Waals surface area contributed by atoms with E-state index in [1.165, 1.54) is 6.08 Å². The number of carbonyl (C=O) groups excluding carboxylic acids is 1. The van der Waals surface area contributed by atoms with Crippen molar-refractivity contribution in [3.8, 4) is 17.6 Å². The number of ether oxygens (including phenoxy) is 3. The number of carbonyl (C=O) groups is 1. The second kappa shape index (κ2) is 9.82. The molecule has 0 fully saturated rings. The highest BCUT2D eigenvalue weighted by molar-refractivity contribution is 14.1. The molecule has 0 spiro atoms. The van der Waals surface area contributed by atoms with Gasteiger partial charge < -0.3 is 14.2 Å². The third-order valence-electron chi connectivity index (χ3n) is 3.40. The second-order valence-electron chi connectivity index (χ2n) is 5.20. The Morgan fingerprint density at radius 3 is 2.62 bits per heavy atom. The lowest BCUT2D eigenvalue weighted by Gasteiger charge is -2.14. The van der Waals surface area contributed by atoms with Gasteiger partial charge in [0.1, 0.15) is 18.2 Å². The zero-order valence-electron chi connectivity index (χ0n) is 14.5. The Kier molecular flexibility index (Phi) is 7.48. The van der Waals surface area contributed by atoms with Gasteiger partial charge in [0.15, 0.2) is 11.5 Å². The number of nitrogens with zero attached hydrogens (tertiary/aromatic N) is 1. The van der Waals surface area contributed by atoms with Crippen LogP contribution in [-0.2, 0) is 16.1 Å². The predicted octanol–water partition coefficient (Wildman–Crippen LogP) is 4.35. The molecule has 2 rings (SSSR count). The molecule has 0 aliphatic rings. The summed E-state index contributed by atoms with van der Waals surface area (Å²) >= 11 is 2.14. The van der Waals surface area contributed by atoms with Crippen molar-refractivity contribution < 1.29 is 19.0 Å². The van der Waals surface area contributed by atoms with Gasteiger partial charge in [0.05, 0.1) is 17.3 Å². The van der Waals surface area contributed by atoms with Crippen LogP contribution in [-0.4, -0.2) is 19.7 Å². The standard InChI is InChI=1S/C20H18INO4/c1-3-25-20(23)16(12-22)9-15-10-17(21)19(18(11-15)24-2)26-13-14-7-5-4-6-8-14/h4-11H,3,13H2,1-2H3. The van der Waals surface area contributed by atoms with Gasteiger partial charge in [-0.3, -0.25) is 0 Å². The summed E-state index contributed by atoms with van der Waals surface area (Å²) in [4.78, 5) is 11.8. The normalized spacial score (nSPS) is 10.8. The van der Waals surface area contributed by atoms with Crippen molar-refractivity contribution in [1.29, 1.82) is 5.26 Å². The minimum atomic E-state index is -0.645. The zero-order valence-corrected chi connectivity index (χ0v) is 16.6. The first-order valence-electron chi connectivity index (χ1n) is 7.92. The van der Waals surface area contributed by atoms with Crippen LogP contribution in [0.5, 0.6) is 11.5 Å². The Hall–Kier alpha value is -2.53. The molecule has 5 nitrogen and oxygen atoms in total. The van der Waals surface area contributed by atoms with Gasteiger partial charge in [-0.15, -0.1) is 0 Å². The van der Waals surface area contributed by atoms with Crippen molar-refractivity contribution >= 4 is 34.6 Å². The fraction of sp³-hybridized carbons (Fsp3) is 0.200. The van der Waals surface area contributed by atoms with Crippen LogP contribution < -0.4 is 9.47 Å². The highest BCUT2D eigenvalue weighted by atomic mass is 127. The van der Waals surface area contributed by atoms with Crippen LogP contribution in [0.25, 0.3) is 6.08 Å². The molecule has 2 aromatic rings. The molecule has 0 N–H and O–H groups in total. The number of esters is 1. The van der Waals surface area contributed by atoms with Crippen molar-refractivity contribution in [1.82, 2.24) is 0 Å². The molecule has 0 radical (unpaired) electrons. The Labute approximate surface area is 166 Å². The molecule has 0 heterocycles. The number of methoxy groups -OCH3 is 1. The zero-order chi connectivity index (χ0) is 18.9. The van der Waals surface area contributed by atoms with E-state index < -0.39 is 5.97 Å². The maximum Gasteiger partial charge on any atom is 0.348 e. The first kappa shape index (κ1) is 19.8. The summed E-state index contributed by atoms with van der Waals surface area (Å²) in [5.74, 6) is 0.498. The number of halogens is 1. The van der Waals surface area contributed by atoms with Crippen molar-refractivity contribution in [2.75, 3.05) is 13.7 Å². The lowest BCUT2D eigenvalue weighted by Crippen LogP contribution is -2.06. The van der Waals surface area contributed by atoms with E-state index in [-0.39, 0.29) is 12.2 Å². The van der Waals surface area contributed by atoms with Gasteiger partial charge in [0.25, 0.3) is 0 Å². The molecule has 0 atom stereocenters. The summed E-state index contributed by atoms with van der Waals surface area (Å²) in [5.41, 5.74) is 1.63. The van der Waals surface area contributed by atoms with Crippen molar-refractivity contribution in [3.05, 3.63) is 62.7 Å². The lowest BCUT2D eigenvalue weighted by molar-refractivity contribution is -0.137. The fourth-order valence-corrected chi connectivity index (χ4v) is 2.99. The van der Waals surface area contributed by atoms with Crippen LogP contribution in [0.4, 0.5) is 0 Å². The summed E-state index contributed by atoms with van der Waals surface area (Å²) in [6, 6.07) is 15.2. The van der Waals surface area contributed by atoms with Crippen LogP contribution in [0.15, 0.2) is 48.0 Å². The van der Waals surface area contributed by atoms with Crippen molar-refractivity contribution in [3.63, 3.8) is 0 Å². The molecule has 0 unspecified atom stereocenters. The molecule has 0 saturated heterocycles. The maximum absolute atomic E-state index is 11.8. The average molecular weight is 463 g/mol. The van der Waals surface area contributed by atoms with Gasteiger partial charge in [-0.2, -0.15) is 5.26 Å². The van der Waals surface area contributed by atoms with E-state index >= 15 is 0 Å². The van der Waals surface area contributed by atoms with E-state index in [0.29, 0.717) is 23.7 Å². The Morgan fingerprint density at radius 2 is 2.00 bits per heavy atom. The van der Waals surface area contributed by atoms with Gasteiger partial charge in [0.2, 0.25) is 0 Å². The minimum Gasteiger partial charge on any atom is -0.493 e. The van der Waals surface area contributed by atoms with Gasteiger partial charge in [-0.05, 0) is 58.9 Å². The number of benzene rings is 2. The van der Waals surface area contributed by atoms with Crippen LogP contribution in [0.3, 0.4) is 0 Å². The molecule has 0 amide bonds. The van der Waals surface area contributed by atoms with E-state index in [1.54, 1.807) is 20.1 Å². The van der Waals surface area contributed by atoms with Crippen LogP contribution >= 0.6 is 22.6 Å². The molecule has 0 saturated carbocycles. The van der Waals surface area contributed by atoms with E-state index in [2.05, 4.69) is 22.6 Å². The van der Waals surface area contributed by atoms with Crippen LogP contribution in [0, 0.1) is 14.9 Å². The van der Waals surface area contributed by atoms with Crippen molar-refractivity contribution in [2.45, 2.75) is 13.5 Å². The van der Waals surface area contributed by atoms with Crippen molar-refractivity contribution in [2.24, 2.45) is 0 Å². The molecular formula is C20H18INO4. The molecule has 134 valence electrons. The van der Waals surface area contributed by atoms with Crippen LogP contribution in [0.1, 0.15) is 18.1 Å². The highest BCUT2D eigenvalue weighted by Crippen LogP contribution is 2.35. The first-order valence-corrected chi connectivity index (χ1v) is 9.00. The van der Waals surface area contributed by atoms with Gasteiger partial charge in [-0.25, -0.2) is 4.79 Å². The number of rotatable bonds is 7. The third-order valence-corrected chi connectivity index (χ3v) is 4.21. The second-order valence-corrected chi connectivity index (χ2v) is 6.36. The Bertz CT molecular complexity index is 841. The molecule has 26 heavy (non-hydrogen) atoms.